The van der Waals surface area contributed by atoms with Crippen molar-refractivity contribution in [1.29, 1.82) is 0 Å². The van der Waals surface area contributed by atoms with Gasteiger partial charge in [0.15, 0.2) is 0 Å². The van der Waals surface area contributed by atoms with Crippen molar-refractivity contribution in [2.75, 3.05) is 6.61 Å². The van der Waals surface area contributed by atoms with Crippen molar-refractivity contribution in [3.05, 3.63) is 47.8 Å². The molecular formula is C24H36N2O2. The summed E-state index contributed by atoms with van der Waals surface area (Å²) in [4.78, 5) is 8.92. The predicted molar refractivity (Wildman–Crippen MR) is 115 cm³/mol. The van der Waals surface area contributed by atoms with E-state index in [1.165, 1.54) is 5.56 Å². The maximum absolute atomic E-state index is 6.06. The van der Waals surface area contributed by atoms with E-state index in [1.807, 2.05) is 37.4 Å². The van der Waals surface area contributed by atoms with Crippen LogP contribution in [0.25, 0.3) is 0 Å². The van der Waals surface area contributed by atoms with Gasteiger partial charge in [0.25, 0.3) is 0 Å². The van der Waals surface area contributed by atoms with Gasteiger partial charge in [0, 0.05) is 24.0 Å². The van der Waals surface area contributed by atoms with E-state index in [0.29, 0.717) is 18.4 Å². The molecule has 2 atom stereocenters. The Morgan fingerprint density at radius 2 is 1.82 bits per heavy atom. The molecule has 0 fully saturated rings. The molecule has 2 aromatic rings. The molecule has 0 saturated carbocycles. The van der Waals surface area contributed by atoms with Crippen molar-refractivity contribution in [3.63, 3.8) is 0 Å². The molecule has 154 valence electrons. The second-order valence-electron chi connectivity index (χ2n) is 8.88. The summed E-state index contributed by atoms with van der Waals surface area (Å²) in [7, 11) is 0. The number of hydrogen-bond acceptors (Lipinski definition) is 4. The molecule has 0 aliphatic carbocycles. The highest BCUT2D eigenvalue weighted by Crippen LogP contribution is 2.24. The molecule has 0 saturated heterocycles. The topological polar surface area (TPSA) is 44.2 Å². The molecule has 0 N–H and O–H groups in total. The zero-order chi connectivity index (χ0) is 20.6. The monoisotopic (exact) mass is 384 g/mol. The number of aromatic nitrogens is 2. The van der Waals surface area contributed by atoms with Crippen LogP contribution in [-0.2, 0) is 0 Å². The highest BCUT2D eigenvalue weighted by Gasteiger charge is 2.13. The van der Waals surface area contributed by atoms with Crippen molar-refractivity contribution in [1.82, 2.24) is 9.97 Å². The van der Waals surface area contributed by atoms with Gasteiger partial charge in [-0.05, 0) is 55.6 Å². The molecular weight excluding hydrogens is 348 g/mol. The molecule has 4 heteroatoms. The number of nitrogens with zero attached hydrogens (tertiary/aromatic N) is 2. The van der Waals surface area contributed by atoms with Gasteiger partial charge in [0.2, 0.25) is 11.8 Å². The van der Waals surface area contributed by atoms with Gasteiger partial charge in [0.1, 0.15) is 6.10 Å². The van der Waals surface area contributed by atoms with Crippen molar-refractivity contribution in [2.24, 2.45) is 5.41 Å². The van der Waals surface area contributed by atoms with E-state index in [1.54, 1.807) is 0 Å². The Morgan fingerprint density at radius 1 is 1.04 bits per heavy atom. The fourth-order valence-corrected chi connectivity index (χ4v) is 2.98. The average molecular weight is 385 g/mol. The zero-order valence-electron chi connectivity index (χ0n) is 18.4. The Bertz CT molecular complexity index is 707. The van der Waals surface area contributed by atoms with Gasteiger partial charge in [0.05, 0.1) is 6.61 Å². The van der Waals surface area contributed by atoms with E-state index in [2.05, 4.69) is 50.7 Å². The van der Waals surface area contributed by atoms with Gasteiger partial charge in [-0.25, -0.2) is 9.97 Å². The Balaban J connectivity index is 1.78. The highest BCUT2D eigenvalue weighted by molar-refractivity contribution is 5.21. The molecule has 0 radical (unpaired) electrons. The summed E-state index contributed by atoms with van der Waals surface area (Å²) in [5.41, 5.74) is 2.39. The first-order valence-electron chi connectivity index (χ1n) is 10.5. The molecule has 0 aliphatic heterocycles. The lowest BCUT2D eigenvalue weighted by molar-refractivity contribution is 0.174. The number of pyridine rings is 2. The number of ether oxygens (including phenoxy) is 2. The van der Waals surface area contributed by atoms with Gasteiger partial charge in [-0.3, -0.25) is 0 Å². The molecule has 2 rings (SSSR count). The summed E-state index contributed by atoms with van der Waals surface area (Å²) < 4.78 is 11.8. The minimum absolute atomic E-state index is 0.138. The van der Waals surface area contributed by atoms with Crippen LogP contribution in [0.15, 0.2) is 36.5 Å². The Morgan fingerprint density at radius 3 is 2.43 bits per heavy atom. The van der Waals surface area contributed by atoms with E-state index in [9.17, 15) is 0 Å². The SMILES string of the molecule is CCC(CCCC(C)c1ccc(OCC(C)(C)C)nc1)Oc1cccc(C)n1. The largest absolute Gasteiger partial charge is 0.477 e. The first-order valence-corrected chi connectivity index (χ1v) is 10.5. The Kier molecular flexibility index (Phi) is 8.28. The number of hydrogen-bond donors (Lipinski definition) is 0. The smallest absolute Gasteiger partial charge is 0.213 e. The van der Waals surface area contributed by atoms with Crippen LogP contribution in [0.4, 0.5) is 0 Å². The summed E-state index contributed by atoms with van der Waals surface area (Å²) in [5.74, 6) is 1.91. The molecule has 28 heavy (non-hydrogen) atoms. The van der Waals surface area contributed by atoms with Crippen LogP contribution in [0, 0.1) is 12.3 Å². The second-order valence-corrected chi connectivity index (χ2v) is 8.88. The quantitative estimate of drug-likeness (QED) is 0.479. The van der Waals surface area contributed by atoms with Crippen molar-refractivity contribution in [3.8, 4) is 11.8 Å². The first kappa shape index (κ1) is 22.2. The van der Waals surface area contributed by atoms with E-state index in [0.717, 1.165) is 37.3 Å². The van der Waals surface area contributed by atoms with Crippen LogP contribution in [0.2, 0.25) is 0 Å². The molecule has 4 nitrogen and oxygen atoms in total. The van der Waals surface area contributed by atoms with E-state index >= 15 is 0 Å². The third-order valence-electron chi connectivity index (χ3n) is 4.75. The van der Waals surface area contributed by atoms with Gasteiger partial charge in [-0.1, -0.05) is 46.8 Å². The standard InChI is InChI=1S/C24H36N2O2/c1-7-21(28-23-13-9-11-19(3)26-23)12-8-10-18(2)20-14-15-22(25-16-20)27-17-24(4,5)6/h9,11,13-16,18,21H,7-8,10,12,17H2,1-6H3. The van der Waals surface area contributed by atoms with Crippen LogP contribution >= 0.6 is 0 Å². The van der Waals surface area contributed by atoms with Gasteiger partial charge >= 0.3 is 0 Å². The Hall–Kier alpha value is -2.10. The van der Waals surface area contributed by atoms with E-state index in [-0.39, 0.29) is 11.5 Å². The van der Waals surface area contributed by atoms with Crippen LogP contribution in [0.1, 0.15) is 77.5 Å². The molecule has 0 aromatic carbocycles. The maximum Gasteiger partial charge on any atom is 0.213 e. The van der Waals surface area contributed by atoms with E-state index in [4.69, 9.17) is 9.47 Å². The Labute approximate surface area is 170 Å². The average Bonchev–Trinajstić information content (AvgIpc) is 2.65. The van der Waals surface area contributed by atoms with Crippen LogP contribution in [-0.4, -0.2) is 22.7 Å². The summed E-state index contributed by atoms with van der Waals surface area (Å²) in [6, 6.07) is 10.0. The minimum Gasteiger partial charge on any atom is -0.477 e. The van der Waals surface area contributed by atoms with Gasteiger partial charge in [-0.15, -0.1) is 0 Å². The van der Waals surface area contributed by atoms with Gasteiger partial charge < -0.3 is 9.47 Å². The summed E-state index contributed by atoms with van der Waals surface area (Å²) >= 11 is 0. The molecule has 0 bridgehead atoms. The molecule has 0 aliphatic rings. The summed E-state index contributed by atoms with van der Waals surface area (Å²) in [6.07, 6.45) is 6.43. The predicted octanol–water partition coefficient (Wildman–Crippen LogP) is 6.34. The maximum atomic E-state index is 6.06. The lowest BCUT2D eigenvalue weighted by Crippen LogP contribution is -2.17. The summed E-state index contributed by atoms with van der Waals surface area (Å²) in [5, 5.41) is 0. The van der Waals surface area contributed by atoms with Crippen molar-refractivity contribution >= 4 is 0 Å². The minimum atomic E-state index is 0.138. The third-order valence-corrected chi connectivity index (χ3v) is 4.75. The summed E-state index contributed by atoms with van der Waals surface area (Å²) in [6.45, 7) is 13.6. The normalized spacial score (nSPS) is 13.8. The van der Waals surface area contributed by atoms with Crippen LogP contribution < -0.4 is 9.47 Å². The van der Waals surface area contributed by atoms with Crippen LogP contribution in [0.5, 0.6) is 11.8 Å². The lowest BCUT2D eigenvalue weighted by Gasteiger charge is -2.19. The van der Waals surface area contributed by atoms with E-state index < -0.39 is 0 Å². The van der Waals surface area contributed by atoms with Crippen molar-refractivity contribution in [2.45, 2.75) is 79.2 Å². The molecule has 2 unspecified atom stereocenters. The first-order chi connectivity index (χ1) is 13.3. The highest BCUT2D eigenvalue weighted by atomic mass is 16.5. The van der Waals surface area contributed by atoms with Gasteiger partial charge in [-0.2, -0.15) is 0 Å². The lowest BCUT2D eigenvalue weighted by atomic mass is 9.95. The number of aryl methyl sites for hydroxylation is 1. The zero-order valence-corrected chi connectivity index (χ0v) is 18.4. The second kappa shape index (κ2) is 10.4. The van der Waals surface area contributed by atoms with Crippen LogP contribution in [0.3, 0.4) is 0 Å². The fourth-order valence-electron chi connectivity index (χ4n) is 2.98. The molecule has 2 aromatic heterocycles. The molecule has 2 heterocycles. The van der Waals surface area contributed by atoms with Crippen molar-refractivity contribution < 1.29 is 9.47 Å². The molecule has 0 spiro atoms. The fraction of sp³-hybridized carbons (Fsp3) is 0.583. The third kappa shape index (κ3) is 7.87. The number of rotatable bonds is 10. The molecule has 0 amide bonds.